The minimum atomic E-state index is -0.872. The zero-order valence-corrected chi connectivity index (χ0v) is 12.1. The minimum Gasteiger partial charge on any atom is -0.478 e. The van der Waals surface area contributed by atoms with Gasteiger partial charge in [-0.15, -0.1) is 0 Å². The lowest BCUT2D eigenvalue weighted by Gasteiger charge is -2.45. The van der Waals surface area contributed by atoms with Crippen LogP contribution in [0.3, 0.4) is 0 Å². The molecule has 5 nitrogen and oxygen atoms in total. The van der Waals surface area contributed by atoms with Gasteiger partial charge < -0.3 is 14.6 Å². The summed E-state index contributed by atoms with van der Waals surface area (Å²) in [5.74, 6) is 0.702. The van der Waals surface area contributed by atoms with Crippen molar-refractivity contribution in [2.24, 2.45) is 5.92 Å². The van der Waals surface area contributed by atoms with Gasteiger partial charge in [-0.1, -0.05) is 6.07 Å². The summed E-state index contributed by atoms with van der Waals surface area (Å²) in [4.78, 5) is 18.6. The van der Waals surface area contributed by atoms with Gasteiger partial charge in [-0.2, -0.15) is 0 Å². The van der Waals surface area contributed by atoms with E-state index in [1.54, 1.807) is 12.1 Å². The number of imidazole rings is 1. The highest BCUT2D eigenvalue weighted by atomic mass is 16.4. The molecule has 2 aromatic rings. The second-order valence-electron chi connectivity index (χ2n) is 6.21. The molecule has 110 valence electrons. The number of carbonyl (C=O) groups is 1. The Kier molecular flexibility index (Phi) is 2.79. The van der Waals surface area contributed by atoms with Crippen molar-refractivity contribution in [2.75, 3.05) is 19.6 Å². The standard InChI is InChI=1S/C16H19N3O2/c1-10-17-13-4-2-3-12(16(20)21)15(13)19(10)14-9-18-7-5-11(14)6-8-18/h2-4,11,14H,5-9H2,1H3,(H,20,21). The quantitative estimate of drug-likeness (QED) is 0.920. The van der Waals surface area contributed by atoms with Crippen molar-refractivity contribution in [1.29, 1.82) is 0 Å². The molecule has 2 bridgehead atoms. The number of aryl methyl sites for hydroxylation is 1. The van der Waals surface area contributed by atoms with E-state index in [2.05, 4.69) is 14.5 Å². The van der Waals surface area contributed by atoms with E-state index in [0.29, 0.717) is 17.5 Å². The molecule has 1 N–H and O–H groups in total. The predicted octanol–water partition coefficient (Wildman–Crippen LogP) is 2.31. The smallest absolute Gasteiger partial charge is 0.337 e. The Morgan fingerprint density at radius 2 is 2.10 bits per heavy atom. The van der Waals surface area contributed by atoms with E-state index in [1.807, 2.05) is 13.0 Å². The molecule has 3 saturated heterocycles. The van der Waals surface area contributed by atoms with Crippen molar-refractivity contribution < 1.29 is 9.90 Å². The highest BCUT2D eigenvalue weighted by Crippen LogP contribution is 2.38. The normalized spacial score (nSPS) is 28.1. The van der Waals surface area contributed by atoms with Gasteiger partial charge >= 0.3 is 5.97 Å². The van der Waals surface area contributed by atoms with Gasteiger partial charge in [-0.05, 0) is 50.9 Å². The Morgan fingerprint density at radius 1 is 1.33 bits per heavy atom. The predicted molar refractivity (Wildman–Crippen MR) is 79.6 cm³/mol. The maximum Gasteiger partial charge on any atom is 0.337 e. The number of hydrogen-bond donors (Lipinski definition) is 1. The topological polar surface area (TPSA) is 58.4 Å². The lowest BCUT2D eigenvalue weighted by atomic mass is 9.83. The molecule has 0 spiro atoms. The molecule has 3 aliphatic heterocycles. The van der Waals surface area contributed by atoms with Crippen LogP contribution in [-0.2, 0) is 0 Å². The number of aromatic carboxylic acids is 1. The van der Waals surface area contributed by atoms with Crippen LogP contribution in [0.15, 0.2) is 18.2 Å². The molecule has 0 aliphatic carbocycles. The molecule has 1 aromatic heterocycles. The van der Waals surface area contributed by atoms with Crippen LogP contribution in [-0.4, -0.2) is 45.2 Å². The van der Waals surface area contributed by atoms with Gasteiger partial charge in [-0.25, -0.2) is 9.78 Å². The fourth-order valence-electron chi connectivity index (χ4n) is 4.07. The molecule has 0 radical (unpaired) electrons. The van der Waals surface area contributed by atoms with E-state index >= 15 is 0 Å². The fourth-order valence-corrected chi connectivity index (χ4v) is 4.07. The van der Waals surface area contributed by atoms with Crippen molar-refractivity contribution >= 4 is 17.0 Å². The Morgan fingerprint density at radius 3 is 2.71 bits per heavy atom. The zero-order valence-electron chi connectivity index (χ0n) is 12.1. The summed E-state index contributed by atoms with van der Waals surface area (Å²) in [6, 6.07) is 5.73. The lowest BCUT2D eigenvalue weighted by molar-refractivity contribution is 0.0575. The summed E-state index contributed by atoms with van der Waals surface area (Å²) in [5.41, 5.74) is 1.95. The molecule has 5 rings (SSSR count). The molecule has 21 heavy (non-hydrogen) atoms. The van der Waals surface area contributed by atoms with E-state index in [-0.39, 0.29) is 0 Å². The number of para-hydroxylation sites is 1. The monoisotopic (exact) mass is 285 g/mol. The number of fused-ring (bicyclic) bond motifs is 4. The van der Waals surface area contributed by atoms with Gasteiger partial charge in [0.15, 0.2) is 0 Å². The van der Waals surface area contributed by atoms with Crippen LogP contribution in [0.1, 0.15) is 35.1 Å². The van der Waals surface area contributed by atoms with Crippen molar-refractivity contribution in [2.45, 2.75) is 25.8 Å². The van der Waals surface area contributed by atoms with E-state index in [4.69, 9.17) is 0 Å². The van der Waals surface area contributed by atoms with Crippen LogP contribution < -0.4 is 0 Å². The zero-order chi connectivity index (χ0) is 14.6. The van der Waals surface area contributed by atoms with E-state index < -0.39 is 5.97 Å². The Bertz CT molecular complexity index is 714. The molecule has 4 heterocycles. The lowest BCUT2D eigenvalue weighted by Crippen LogP contribution is -2.48. The van der Waals surface area contributed by atoms with Gasteiger partial charge in [0, 0.05) is 6.54 Å². The van der Waals surface area contributed by atoms with Crippen LogP contribution in [0.2, 0.25) is 0 Å². The maximum absolute atomic E-state index is 11.6. The second-order valence-corrected chi connectivity index (χ2v) is 6.21. The third kappa shape index (κ3) is 1.87. The summed E-state index contributed by atoms with van der Waals surface area (Å²) in [7, 11) is 0. The molecule has 3 aliphatic rings. The van der Waals surface area contributed by atoms with Crippen molar-refractivity contribution in [1.82, 2.24) is 14.5 Å². The molecular weight excluding hydrogens is 266 g/mol. The van der Waals surface area contributed by atoms with E-state index in [1.165, 1.54) is 25.9 Å². The fraction of sp³-hybridized carbons (Fsp3) is 0.500. The third-order valence-electron chi connectivity index (χ3n) is 5.07. The number of aromatic nitrogens is 2. The van der Waals surface area contributed by atoms with Crippen LogP contribution >= 0.6 is 0 Å². The summed E-state index contributed by atoms with van der Waals surface area (Å²) >= 11 is 0. The molecule has 1 unspecified atom stereocenters. The van der Waals surface area contributed by atoms with Crippen molar-refractivity contribution in [3.05, 3.63) is 29.6 Å². The Labute approximate surface area is 123 Å². The third-order valence-corrected chi connectivity index (χ3v) is 5.07. The van der Waals surface area contributed by atoms with Gasteiger partial charge in [0.2, 0.25) is 0 Å². The van der Waals surface area contributed by atoms with Gasteiger partial charge in [0.25, 0.3) is 0 Å². The second kappa shape index (κ2) is 4.56. The van der Waals surface area contributed by atoms with Crippen LogP contribution in [0, 0.1) is 12.8 Å². The molecular formula is C16H19N3O2. The van der Waals surface area contributed by atoms with Gasteiger partial charge in [-0.3, -0.25) is 0 Å². The SMILES string of the molecule is Cc1nc2cccc(C(=O)O)c2n1C1CN2CCC1CC2. The molecule has 1 atom stereocenters. The number of benzene rings is 1. The molecule has 0 saturated carbocycles. The Hall–Kier alpha value is -1.88. The summed E-state index contributed by atoms with van der Waals surface area (Å²) in [5, 5.41) is 9.50. The van der Waals surface area contributed by atoms with E-state index in [0.717, 1.165) is 23.4 Å². The first kappa shape index (κ1) is 12.8. The number of carboxylic acid groups (broad SMARTS) is 1. The van der Waals surface area contributed by atoms with Crippen molar-refractivity contribution in [3.8, 4) is 0 Å². The number of rotatable bonds is 2. The first-order valence-electron chi connectivity index (χ1n) is 7.58. The first-order chi connectivity index (χ1) is 10.1. The molecule has 0 amide bonds. The summed E-state index contributed by atoms with van der Waals surface area (Å²) in [6.07, 6.45) is 2.41. The average Bonchev–Trinajstić information content (AvgIpc) is 2.83. The number of nitrogens with zero attached hydrogens (tertiary/aromatic N) is 3. The Balaban J connectivity index is 1.92. The number of hydrogen-bond acceptors (Lipinski definition) is 3. The number of piperidine rings is 3. The van der Waals surface area contributed by atoms with Crippen LogP contribution in [0.5, 0.6) is 0 Å². The maximum atomic E-state index is 11.6. The highest BCUT2D eigenvalue weighted by Gasteiger charge is 2.37. The van der Waals surface area contributed by atoms with Crippen molar-refractivity contribution in [3.63, 3.8) is 0 Å². The largest absolute Gasteiger partial charge is 0.478 e. The summed E-state index contributed by atoms with van der Waals surface area (Å²) in [6.45, 7) is 5.37. The summed E-state index contributed by atoms with van der Waals surface area (Å²) < 4.78 is 2.19. The minimum absolute atomic E-state index is 0.359. The van der Waals surface area contributed by atoms with Crippen LogP contribution in [0.4, 0.5) is 0 Å². The first-order valence-corrected chi connectivity index (χ1v) is 7.58. The molecule has 1 aromatic carbocycles. The van der Waals surface area contributed by atoms with E-state index in [9.17, 15) is 9.90 Å². The molecule has 3 fully saturated rings. The molecule has 5 heteroatoms. The van der Waals surface area contributed by atoms with Gasteiger partial charge in [0.05, 0.1) is 22.6 Å². The van der Waals surface area contributed by atoms with Gasteiger partial charge in [0.1, 0.15) is 5.82 Å². The number of carboxylic acids is 1. The van der Waals surface area contributed by atoms with Crippen LogP contribution in [0.25, 0.3) is 11.0 Å². The highest BCUT2D eigenvalue weighted by molar-refractivity contribution is 6.01. The average molecular weight is 285 g/mol.